The first-order valence-corrected chi connectivity index (χ1v) is 6.50. The average Bonchev–Trinajstić information content (AvgIpc) is 2.31. The number of nitrogens with two attached hydrogens (primary N) is 1. The predicted molar refractivity (Wildman–Crippen MR) is 70.8 cm³/mol. The minimum Gasteiger partial charge on any atom is -0.377 e. The maximum atomic E-state index is 12.3. The third kappa shape index (κ3) is 4.64. The molecule has 0 fully saturated rings. The Balaban J connectivity index is 4.36. The molecule has 0 aromatic heterocycles. The first-order chi connectivity index (χ1) is 7.93. The van der Waals surface area contributed by atoms with Gasteiger partial charge in [0.25, 0.3) is 0 Å². The van der Waals surface area contributed by atoms with E-state index in [4.69, 9.17) is 10.5 Å². The van der Waals surface area contributed by atoms with Gasteiger partial charge in [0.2, 0.25) is 5.91 Å². The lowest BCUT2D eigenvalue weighted by Crippen LogP contribution is -2.47. The van der Waals surface area contributed by atoms with E-state index in [9.17, 15) is 4.79 Å². The number of carbonyl (C=O) groups is 1. The number of rotatable bonds is 8. The van der Waals surface area contributed by atoms with E-state index < -0.39 is 5.41 Å². The Morgan fingerprint density at radius 1 is 1.35 bits per heavy atom. The molecule has 0 bridgehead atoms. The van der Waals surface area contributed by atoms with Crippen LogP contribution in [0.1, 0.15) is 40.5 Å². The van der Waals surface area contributed by atoms with Crippen molar-refractivity contribution in [3.63, 3.8) is 0 Å². The van der Waals surface area contributed by atoms with Gasteiger partial charge in [0, 0.05) is 20.1 Å². The molecule has 0 spiro atoms. The fraction of sp³-hybridized carbons (Fsp3) is 0.923. The molecule has 4 nitrogen and oxygen atoms in total. The lowest BCUT2D eigenvalue weighted by Gasteiger charge is -2.33. The van der Waals surface area contributed by atoms with E-state index in [1.165, 1.54) is 0 Å². The molecule has 0 rings (SSSR count). The number of ether oxygens (including phenoxy) is 1. The Morgan fingerprint density at radius 2 is 1.88 bits per heavy atom. The van der Waals surface area contributed by atoms with Crippen molar-refractivity contribution in [1.29, 1.82) is 0 Å². The van der Waals surface area contributed by atoms with E-state index in [-0.39, 0.29) is 12.0 Å². The van der Waals surface area contributed by atoms with Crippen molar-refractivity contribution < 1.29 is 9.53 Å². The molecule has 0 aliphatic heterocycles. The van der Waals surface area contributed by atoms with E-state index in [0.717, 1.165) is 12.8 Å². The molecular formula is C13H28N2O2. The summed E-state index contributed by atoms with van der Waals surface area (Å²) in [6.45, 7) is 9.63. The van der Waals surface area contributed by atoms with Gasteiger partial charge >= 0.3 is 0 Å². The maximum absolute atomic E-state index is 12.3. The Hall–Kier alpha value is -0.610. The zero-order valence-corrected chi connectivity index (χ0v) is 12.0. The largest absolute Gasteiger partial charge is 0.377 e. The third-order valence-corrected chi connectivity index (χ3v) is 3.42. The Morgan fingerprint density at radius 3 is 2.24 bits per heavy atom. The topological polar surface area (TPSA) is 55.6 Å². The van der Waals surface area contributed by atoms with Gasteiger partial charge in [-0.25, -0.2) is 0 Å². The van der Waals surface area contributed by atoms with Crippen molar-refractivity contribution in [1.82, 2.24) is 4.90 Å². The summed E-state index contributed by atoms with van der Waals surface area (Å²) >= 11 is 0. The van der Waals surface area contributed by atoms with E-state index in [2.05, 4.69) is 0 Å². The predicted octanol–water partition coefficient (Wildman–Crippen LogP) is 1.63. The summed E-state index contributed by atoms with van der Waals surface area (Å²) in [7, 11) is 1.82. The molecule has 0 aliphatic carbocycles. The minimum absolute atomic E-state index is 0.136. The highest BCUT2D eigenvalue weighted by molar-refractivity contribution is 5.82. The van der Waals surface area contributed by atoms with Crippen molar-refractivity contribution in [3.8, 4) is 0 Å². The van der Waals surface area contributed by atoms with Crippen molar-refractivity contribution in [3.05, 3.63) is 0 Å². The van der Waals surface area contributed by atoms with Crippen LogP contribution in [0, 0.1) is 5.41 Å². The summed E-state index contributed by atoms with van der Waals surface area (Å²) < 4.78 is 5.45. The zero-order valence-electron chi connectivity index (χ0n) is 12.0. The third-order valence-electron chi connectivity index (χ3n) is 3.42. The van der Waals surface area contributed by atoms with Crippen LogP contribution in [0.15, 0.2) is 0 Å². The van der Waals surface area contributed by atoms with Crippen LogP contribution in [-0.4, -0.2) is 43.7 Å². The first-order valence-electron chi connectivity index (χ1n) is 6.50. The maximum Gasteiger partial charge on any atom is 0.229 e. The Kier molecular flexibility index (Phi) is 7.39. The molecule has 17 heavy (non-hydrogen) atoms. The molecule has 0 atom stereocenters. The molecule has 0 unspecified atom stereocenters. The van der Waals surface area contributed by atoms with E-state index in [0.29, 0.717) is 19.7 Å². The van der Waals surface area contributed by atoms with E-state index in [1.807, 2.05) is 34.7 Å². The zero-order chi connectivity index (χ0) is 13.5. The molecule has 0 saturated heterocycles. The van der Waals surface area contributed by atoms with Crippen LogP contribution >= 0.6 is 0 Å². The van der Waals surface area contributed by atoms with Crippen molar-refractivity contribution >= 4 is 5.91 Å². The van der Waals surface area contributed by atoms with Gasteiger partial charge in [-0.2, -0.15) is 0 Å². The monoisotopic (exact) mass is 244 g/mol. The van der Waals surface area contributed by atoms with Gasteiger partial charge in [-0.3, -0.25) is 4.79 Å². The Labute approximate surface area is 105 Å². The first kappa shape index (κ1) is 16.4. The van der Waals surface area contributed by atoms with Crippen LogP contribution < -0.4 is 5.73 Å². The standard InChI is InChI=1S/C13H28N2O2/c1-6-13(7-2,10-14)12(16)15(5)8-9-17-11(3)4/h11H,6-10,14H2,1-5H3. The number of amides is 1. The van der Waals surface area contributed by atoms with Gasteiger partial charge in [-0.1, -0.05) is 13.8 Å². The highest BCUT2D eigenvalue weighted by Gasteiger charge is 2.35. The van der Waals surface area contributed by atoms with Gasteiger partial charge in [0.15, 0.2) is 0 Å². The lowest BCUT2D eigenvalue weighted by atomic mass is 9.81. The molecule has 0 aromatic rings. The molecule has 102 valence electrons. The average molecular weight is 244 g/mol. The molecule has 0 aromatic carbocycles. The lowest BCUT2D eigenvalue weighted by molar-refractivity contribution is -0.141. The van der Waals surface area contributed by atoms with Crippen LogP contribution in [0.4, 0.5) is 0 Å². The number of carbonyl (C=O) groups excluding carboxylic acids is 1. The summed E-state index contributed by atoms with van der Waals surface area (Å²) in [5, 5.41) is 0. The SMILES string of the molecule is CCC(CC)(CN)C(=O)N(C)CCOC(C)C. The second kappa shape index (κ2) is 7.67. The molecule has 1 amide bonds. The summed E-state index contributed by atoms with van der Waals surface area (Å²) in [5.74, 6) is 0.136. The molecule has 0 radical (unpaired) electrons. The van der Waals surface area contributed by atoms with E-state index in [1.54, 1.807) is 4.90 Å². The molecular weight excluding hydrogens is 216 g/mol. The minimum atomic E-state index is -0.396. The second-order valence-electron chi connectivity index (χ2n) is 4.84. The highest BCUT2D eigenvalue weighted by atomic mass is 16.5. The van der Waals surface area contributed by atoms with Crippen LogP contribution in [0.25, 0.3) is 0 Å². The molecule has 4 heteroatoms. The van der Waals surface area contributed by atoms with Gasteiger partial charge < -0.3 is 15.4 Å². The van der Waals surface area contributed by atoms with Crippen LogP contribution in [-0.2, 0) is 9.53 Å². The number of hydrogen-bond donors (Lipinski definition) is 1. The molecule has 2 N–H and O–H groups in total. The van der Waals surface area contributed by atoms with Gasteiger partial charge in [-0.15, -0.1) is 0 Å². The number of likely N-dealkylation sites (N-methyl/N-ethyl adjacent to an activating group) is 1. The number of nitrogens with zero attached hydrogens (tertiary/aromatic N) is 1. The van der Waals surface area contributed by atoms with Crippen LogP contribution in [0.2, 0.25) is 0 Å². The van der Waals surface area contributed by atoms with Gasteiger partial charge in [0.05, 0.1) is 18.1 Å². The molecule has 0 heterocycles. The quantitative estimate of drug-likeness (QED) is 0.706. The fourth-order valence-corrected chi connectivity index (χ4v) is 1.86. The summed E-state index contributed by atoms with van der Waals surface area (Å²) in [4.78, 5) is 14.1. The highest BCUT2D eigenvalue weighted by Crippen LogP contribution is 2.27. The normalized spacial score (nSPS) is 11.9. The fourth-order valence-electron chi connectivity index (χ4n) is 1.86. The summed E-state index contributed by atoms with van der Waals surface area (Å²) in [6.07, 6.45) is 1.78. The van der Waals surface area contributed by atoms with Crippen molar-refractivity contribution in [2.45, 2.75) is 46.6 Å². The Bertz CT molecular complexity index is 217. The number of hydrogen-bond acceptors (Lipinski definition) is 3. The van der Waals surface area contributed by atoms with Crippen molar-refractivity contribution in [2.75, 3.05) is 26.7 Å². The van der Waals surface area contributed by atoms with E-state index >= 15 is 0 Å². The van der Waals surface area contributed by atoms with Gasteiger partial charge in [-0.05, 0) is 26.7 Å². The molecule has 0 saturated carbocycles. The van der Waals surface area contributed by atoms with Crippen molar-refractivity contribution in [2.24, 2.45) is 11.1 Å². The van der Waals surface area contributed by atoms with Crippen LogP contribution in [0.5, 0.6) is 0 Å². The summed E-state index contributed by atoms with van der Waals surface area (Å²) in [5.41, 5.74) is 5.37. The summed E-state index contributed by atoms with van der Waals surface area (Å²) in [6, 6.07) is 0. The van der Waals surface area contributed by atoms with Gasteiger partial charge in [0.1, 0.15) is 0 Å². The smallest absolute Gasteiger partial charge is 0.229 e. The molecule has 0 aliphatic rings. The van der Waals surface area contributed by atoms with Crippen LogP contribution in [0.3, 0.4) is 0 Å². The second-order valence-corrected chi connectivity index (χ2v) is 4.84.